The number of carbonyl (C=O) groups excluding carboxylic acids is 1. The standard InChI is InChI=1S/C23H21N5O/c24-20-8-4-5-9-21(20)25-23(29)19-12-10-18(11-13-19)22-16-28(27-26-22)15-14-17-6-2-1-3-7-17/h1-13,16H,14-15,24H2,(H,25,29). The number of nitrogens with one attached hydrogen (secondary N) is 1. The van der Waals surface area contributed by atoms with Gasteiger partial charge in [0.15, 0.2) is 0 Å². The molecule has 4 aromatic rings. The Morgan fingerprint density at radius 2 is 1.66 bits per heavy atom. The second-order valence-corrected chi connectivity index (χ2v) is 6.72. The lowest BCUT2D eigenvalue weighted by molar-refractivity contribution is 0.102. The van der Waals surface area contributed by atoms with Gasteiger partial charge in [-0.3, -0.25) is 9.48 Å². The van der Waals surface area contributed by atoms with Gasteiger partial charge in [-0.1, -0.05) is 59.8 Å². The van der Waals surface area contributed by atoms with Crippen molar-refractivity contribution in [3.63, 3.8) is 0 Å². The van der Waals surface area contributed by atoms with E-state index in [1.807, 2.05) is 53.3 Å². The van der Waals surface area contributed by atoms with Crippen molar-refractivity contribution in [1.29, 1.82) is 0 Å². The molecule has 0 radical (unpaired) electrons. The van der Waals surface area contributed by atoms with E-state index in [9.17, 15) is 4.79 Å². The number of amides is 1. The minimum Gasteiger partial charge on any atom is -0.397 e. The summed E-state index contributed by atoms with van der Waals surface area (Å²) in [6.45, 7) is 0.760. The lowest BCUT2D eigenvalue weighted by Gasteiger charge is -2.08. The molecule has 0 spiro atoms. The number of nitrogen functional groups attached to an aromatic ring is 1. The smallest absolute Gasteiger partial charge is 0.255 e. The molecule has 144 valence electrons. The minimum atomic E-state index is -0.207. The van der Waals surface area contributed by atoms with Crippen LogP contribution in [0.4, 0.5) is 11.4 Å². The van der Waals surface area contributed by atoms with Crippen molar-refractivity contribution >= 4 is 17.3 Å². The number of benzene rings is 3. The Balaban J connectivity index is 1.41. The average molecular weight is 383 g/mol. The van der Waals surface area contributed by atoms with E-state index in [1.54, 1.807) is 24.3 Å². The Morgan fingerprint density at radius 1 is 0.931 bits per heavy atom. The zero-order valence-electron chi connectivity index (χ0n) is 15.8. The first-order chi connectivity index (χ1) is 14.2. The quantitative estimate of drug-likeness (QED) is 0.492. The molecule has 29 heavy (non-hydrogen) atoms. The van der Waals surface area contributed by atoms with Crippen molar-refractivity contribution in [1.82, 2.24) is 15.0 Å². The number of para-hydroxylation sites is 2. The van der Waals surface area contributed by atoms with Gasteiger partial charge in [-0.2, -0.15) is 0 Å². The van der Waals surface area contributed by atoms with Crippen LogP contribution >= 0.6 is 0 Å². The average Bonchev–Trinajstić information content (AvgIpc) is 3.24. The van der Waals surface area contributed by atoms with Crippen LogP contribution in [-0.2, 0) is 13.0 Å². The van der Waals surface area contributed by atoms with Crippen LogP contribution in [0.25, 0.3) is 11.3 Å². The van der Waals surface area contributed by atoms with Gasteiger partial charge in [-0.15, -0.1) is 5.10 Å². The summed E-state index contributed by atoms with van der Waals surface area (Å²) in [7, 11) is 0. The molecule has 0 fully saturated rings. The van der Waals surface area contributed by atoms with Gasteiger partial charge in [0, 0.05) is 17.7 Å². The molecule has 1 aromatic heterocycles. The Labute approximate surface area is 169 Å². The largest absolute Gasteiger partial charge is 0.397 e. The zero-order valence-corrected chi connectivity index (χ0v) is 15.8. The highest BCUT2D eigenvalue weighted by molar-refractivity contribution is 6.05. The molecule has 0 atom stereocenters. The first-order valence-electron chi connectivity index (χ1n) is 9.39. The van der Waals surface area contributed by atoms with E-state index in [-0.39, 0.29) is 5.91 Å². The SMILES string of the molecule is Nc1ccccc1NC(=O)c1ccc(-c2cn(CCc3ccccc3)nn2)cc1. The third-order valence-electron chi connectivity index (χ3n) is 4.66. The number of nitrogens with zero attached hydrogens (tertiary/aromatic N) is 3. The molecular formula is C23H21N5O. The summed E-state index contributed by atoms with van der Waals surface area (Å²) in [6.07, 6.45) is 2.81. The van der Waals surface area contributed by atoms with Crippen LogP contribution < -0.4 is 11.1 Å². The molecule has 0 unspecified atom stereocenters. The molecule has 3 aromatic carbocycles. The highest BCUT2D eigenvalue weighted by Gasteiger charge is 2.09. The first kappa shape index (κ1) is 18.4. The maximum absolute atomic E-state index is 12.4. The van der Waals surface area contributed by atoms with Gasteiger partial charge < -0.3 is 11.1 Å². The van der Waals surface area contributed by atoms with Crippen LogP contribution in [0.5, 0.6) is 0 Å². The van der Waals surface area contributed by atoms with Crippen LogP contribution in [0.15, 0.2) is 85.1 Å². The molecule has 1 amide bonds. The molecule has 6 heteroatoms. The maximum Gasteiger partial charge on any atom is 0.255 e. The number of rotatable bonds is 6. The van der Waals surface area contributed by atoms with E-state index in [2.05, 4.69) is 27.8 Å². The van der Waals surface area contributed by atoms with Crippen molar-refractivity contribution in [2.45, 2.75) is 13.0 Å². The molecule has 0 saturated heterocycles. The van der Waals surface area contributed by atoms with E-state index >= 15 is 0 Å². The molecule has 6 nitrogen and oxygen atoms in total. The molecule has 1 heterocycles. The van der Waals surface area contributed by atoms with Gasteiger partial charge in [0.05, 0.1) is 17.6 Å². The van der Waals surface area contributed by atoms with E-state index in [4.69, 9.17) is 5.73 Å². The summed E-state index contributed by atoms with van der Waals surface area (Å²) in [5.41, 5.74) is 10.5. The summed E-state index contributed by atoms with van der Waals surface area (Å²) in [5.74, 6) is -0.207. The van der Waals surface area contributed by atoms with Gasteiger partial charge in [0.2, 0.25) is 0 Å². The van der Waals surface area contributed by atoms with Crippen molar-refractivity contribution in [2.75, 3.05) is 11.1 Å². The van der Waals surface area contributed by atoms with Crippen molar-refractivity contribution in [3.8, 4) is 11.3 Å². The molecule has 0 saturated carbocycles. The number of carbonyl (C=O) groups is 1. The zero-order chi connectivity index (χ0) is 20.1. The number of nitrogens with two attached hydrogens (primary N) is 1. The molecule has 0 aliphatic carbocycles. The lowest BCUT2D eigenvalue weighted by atomic mass is 10.1. The van der Waals surface area contributed by atoms with Crippen molar-refractivity contribution < 1.29 is 4.79 Å². The van der Waals surface area contributed by atoms with Gasteiger partial charge in [-0.05, 0) is 36.2 Å². The van der Waals surface area contributed by atoms with Gasteiger partial charge in [-0.25, -0.2) is 0 Å². The van der Waals surface area contributed by atoms with Crippen LogP contribution in [0.2, 0.25) is 0 Å². The van der Waals surface area contributed by atoms with E-state index in [0.717, 1.165) is 24.2 Å². The molecule has 3 N–H and O–H groups in total. The third-order valence-corrected chi connectivity index (χ3v) is 4.66. The second-order valence-electron chi connectivity index (χ2n) is 6.72. The van der Waals surface area contributed by atoms with E-state index in [1.165, 1.54) is 5.56 Å². The second kappa shape index (κ2) is 8.39. The van der Waals surface area contributed by atoms with Crippen LogP contribution in [0.1, 0.15) is 15.9 Å². The van der Waals surface area contributed by atoms with Gasteiger partial charge in [0.25, 0.3) is 5.91 Å². The topological polar surface area (TPSA) is 85.8 Å². The molecule has 4 rings (SSSR count). The summed E-state index contributed by atoms with van der Waals surface area (Å²) >= 11 is 0. The number of hydrogen-bond donors (Lipinski definition) is 2. The Hall–Kier alpha value is -3.93. The fraction of sp³-hybridized carbons (Fsp3) is 0.0870. The highest BCUT2D eigenvalue weighted by Crippen LogP contribution is 2.20. The summed E-state index contributed by atoms with van der Waals surface area (Å²) < 4.78 is 1.83. The van der Waals surface area contributed by atoms with Crippen molar-refractivity contribution in [2.24, 2.45) is 0 Å². The number of aromatic nitrogens is 3. The Morgan fingerprint density at radius 3 is 2.41 bits per heavy atom. The molecule has 0 aliphatic rings. The molecule has 0 bridgehead atoms. The van der Waals surface area contributed by atoms with E-state index < -0.39 is 0 Å². The fourth-order valence-corrected chi connectivity index (χ4v) is 3.03. The summed E-state index contributed by atoms with van der Waals surface area (Å²) in [6, 6.07) is 24.7. The third kappa shape index (κ3) is 4.50. The number of hydrogen-bond acceptors (Lipinski definition) is 4. The Bertz CT molecular complexity index is 1100. The summed E-state index contributed by atoms with van der Waals surface area (Å²) in [4.78, 5) is 12.4. The monoisotopic (exact) mass is 383 g/mol. The minimum absolute atomic E-state index is 0.207. The van der Waals surface area contributed by atoms with E-state index in [0.29, 0.717) is 16.9 Å². The predicted molar refractivity (Wildman–Crippen MR) is 114 cm³/mol. The predicted octanol–water partition coefficient (Wildman–Crippen LogP) is 4.02. The lowest BCUT2D eigenvalue weighted by Crippen LogP contribution is -2.12. The summed E-state index contributed by atoms with van der Waals surface area (Å²) in [5, 5.41) is 11.3. The normalized spacial score (nSPS) is 10.6. The van der Waals surface area contributed by atoms with Gasteiger partial charge in [0.1, 0.15) is 5.69 Å². The van der Waals surface area contributed by atoms with Crippen LogP contribution in [0, 0.1) is 0 Å². The maximum atomic E-state index is 12.4. The highest BCUT2D eigenvalue weighted by atomic mass is 16.1. The first-order valence-corrected chi connectivity index (χ1v) is 9.39. The Kier molecular flexibility index (Phi) is 5.33. The van der Waals surface area contributed by atoms with Crippen molar-refractivity contribution in [3.05, 3.63) is 96.2 Å². The molecule has 0 aliphatic heterocycles. The molecular weight excluding hydrogens is 362 g/mol. The van der Waals surface area contributed by atoms with Gasteiger partial charge >= 0.3 is 0 Å². The number of anilines is 2. The van der Waals surface area contributed by atoms with Crippen LogP contribution in [0.3, 0.4) is 0 Å². The van der Waals surface area contributed by atoms with Crippen LogP contribution in [-0.4, -0.2) is 20.9 Å². The fourth-order valence-electron chi connectivity index (χ4n) is 3.03. The number of aryl methyl sites for hydroxylation is 2.